The molecule has 0 heterocycles. The van der Waals surface area contributed by atoms with Gasteiger partial charge in [0.05, 0.1) is 19.8 Å². The standard InChI is InChI=1S/C8H12O4/c1-6(4-8(10)11-3)5-12-7(2)9/h5H,4H2,1-3H3/b6-5-. The maximum Gasteiger partial charge on any atom is 0.309 e. The molecule has 0 N–H and O–H groups in total. The molecule has 4 nitrogen and oxygen atoms in total. The van der Waals surface area contributed by atoms with Crippen LogP contribution in [0, 0.1) is 0 Å². The molecule has 0 radical (unpaired) electrons. The molecule has 12 heavy (non-hydrogen) atoms. The predicted molar refractivity (Wildman–Crippen MR) is 42.2 cm³/mol. The summed E-state index contributed by atoms with van der Waals surface area (Å²) in [7, 11) is 1.31. The summed E-state index contributed by atoms with van der Waals surface area (Å²) in [6.45, 7) is 2.97. The molecule has 0 aliphatic carbocycles. The molecule has 0 saturated carbocycles. The lowest BCUT2D eigenvalue weighted by Gasteiger charge is -1.98. The number of esters is 2. The molecule has 0 aromatic rings. The molecule has 0 aliphatic rings. The second-order valence-corrected chi connectivity index (χ2v) is 2.33. The highest BCUT2D eigenvalue weighted by atomic mass is 16.5. The molecule has 0 spiro atoms. The van der Waals surface area contributed by atoms with E-state index in [0.717, 1.165) is 0 Å². The SMILES string of the molecule is COC(=O)C/C(C)=C\OC(C)=O. The van der Waals surface area contributed by atoms with E-state index in [4.69, 9.17) is 0 Å². The van der Waals surface area contributed by atoms with Crippen molar-refractivity contribution in [2.75, 3.05) is 7.11 Å². The first kappa shape index (κ1) is 10.7. The van der Waals surface area contributed by atoms with Crippen molar-refractivity contribution in [2.45, 2.75) is 20.3 Å². The summed E-state index contributed by atoms with van der Waals surface area (Å²) in [5, 5.41) is 0. The van der Waals surface area contributed by atoms with Crippen LogP contribution >= 0.6 is 0 Å². The minimum atomic E-state index is -0.404. The molecule has 0 bridgehead atoms. The Morgan fingerprint density at radius 2 is 1.92 bits per heavy atom. The third-order valence-electron chi connectivity index (χ3n) is 1.08. The molecular formula is C8H12O4. The third-order valence-corrected chi connectivity index (χ3v) is 1.08. The topological polar surface area (TPSA) is 52.6 Å². The smallest absolute Gasteiger partial charge is 0.309 e. The molecule has 0 fully saturated rings. The molecule has 0 saturated heterocycles. The minimum Gasteiger partial charge on any atom is -0.469 e. The number of hydrogen-bond acceptors (Lipinski definition) is 4. The van der Waals surface area contributed by atoms with E-state index in [1.54, 1.807) is 6.92 Å². The molecule has 0 rings (SSSR count). The lowest BCUT2D eigenvalue weighted by atomic mass is 10.2. The first-order valence-corrected chi connectivity index (χ1v) is 3.46. The molecule has 4 heteroatoms. The molecule has 0 aliphatic heterocycles. The van der Waals surface area contributed by atoms with Gasteiger partial charge in [-0.25, -0.2) is 0 Å². The van der Waals surface area contributed by atoms with Crippen LogP contribution in [0.3, 0.4) is 0 Å². The summed E-state index contributed by atoms with van der Waals surface area (Å²) in [5.74, 6) is -0.755. The summed E-state index contributed by atoms with van der Waals surface area (Å²) in [6.07, 6.45) is 1.39. The van der Waals surface area contributed by atoms with Gasteiger partial charge in [0.15, 0.2) is 0 Å². The van der Waals surface area contributed by atoms with Crippen LogP contribution in [0.25, 0.3) is 0 Å². The summed E-state index contributed by atoms with van der Waals surface area (Å²) in [5.41, 5.74) is 0.650. The fourth-order valence-electron chi connectivity index (χ4n) is 0.525. The molecule has 0 atom stereocenters. The van der Waals surface area contributed by atoms with Crippen molar-refractivity contribution in [1.82, 2.24) is 0 Å². The van der Waals surface area contributed by atoms with Crippen molar-refractivity contribution >= 4 is 11.9 Å². The highest BCUT2D eigenvalue weighted by Gasteiger charge is 2.01. The molecule has 0 unspecified atom stereocenters. The van der Waals surface area contributed by atoms with Gasteiger partial charge < -0.3 is 9.47 Å². The monoisotopic (exact) mass is 172 g/mol. The highest BCUT2D eigenvalue weighted by molar-refractivity contribution is 5.72. The van der Waals surface area contributed by atoms with Crippen LogP contribution in [0.4, 0.5) is 0 Å². The van der Waals surface area contributed by atoms with Crippen LogP contribution in [0.2, 0.25) is 0 Å². The molecular weight excluding hydrogens is 160 g/mol. The van der Waals surface area contributed by atoms with Crippen LogP contribution in [0.5, 0.6) is 0 Å². The molecule has 0 amide bonds. The van der Waals surface area contributed by atoms with Crippen molar-refractivity contribution in [3.63, 3.8) is 0 Å². The Morgan fingerprint density at radius 1 is 1.33 bits per heavy atom. The zero-order valence-corrected chi connectivity index (χ0v) is 7.42. The number of rotatable bonds is 3. The lowest BCUT2D eigenvalue weighted by Crippen LogP contribution is -2.01. The van der Waals surface area contributed by atoms with Crippen LogP contribution in [0.1, 0.15) is 20.3 Å². The van der Waals surface area contributed by atoms with Gasteiger partial charge in [-0.3, -0.25) is 9.59 Å². The predicted octanol–water partition coefficient (Wildman–Crippen LogP) is 1.02. The molecule has 68 valence electrons. The van der Waals surface area contributed by atoms with E-state index in [1.807, 2.05) is 0 Å². The van der Waals surface area contributed by atoms with Crippen molar-refractivity contribution in [2.24, 2.45) is 0 Å². The summed E-state index contributed by atoms with van der Waals surface area (Å²) in [6, 6.07) is 0. The van der Waals surface area contributed by atoms with Gasteiger partial charge in [-0.05, 0) is 12.5 Å². The number of ether oxygens (including phenoxy) is 2. The Labute approximate surface area is 71.2 Å². The van der Waals surface area contributed by atoms with Crippen LogP contribution in [-0.4, -0.2) is 19.0 Å². The van der Waals surface area contributed by atoms with Gasteiger partial charge in [-0.15, -0.1) is 0 Å². The van der Waals surface area contributed by atoms with Crippen molar-refractivity contribution in [3.05, 3.63) is 11.8 Å². The maximum atomic E-state index is 10.7. The van der Waals surface area contributed by atoms with E-state index < -0.39 is 5.97 Å². The molecule has 0 aromatic heterocycles. The number of hydrogen-bond donors (Lipinski definition) is 0. The van der Waals surface area contributed by atoms with E-state index in [1.165, 1.54) is 20.3 Å². The van der Waals surface area contributed by atoms with Crippen LogP contribution < -0.4 is 0 Å². The van der Waals surface area contributed by atoms with Crippen molar-refractivity contribution < 1.29 is 19.1 Å². The fourth-order valence-corrected chi connectivity index (χ4v) is 0.525. The Morgan fingerprint density at radius 3 is 2.33 bits per heavy atom. The number of methoxy groups -OCH3 is 1. The van der Waals surface area contributed by atoms with Gasteiger partial charge in [0, 0.05) is 6.92 Å². The van der Waals surface area contributed by atoms with Gasteiger partial charge >= 0.3 is 11.9 Å². The number of carbonyl (C=O) groups is 2. The average molecular weight is 172 g/mol. The lowest BCUT2D eigenvalue weighted by molar-refractivity contribution is -0.140. The van der Waals surface area contributed by atoms with Gasteiger partial charge in [0.2, 0.25) is 0 Å². The zero-order chi connectivity index (χ0) is 9.56. The Kier molecular flexibility index (Phi) is 4.76. The van der Waals surface area contributed by atoms with Crippen LogP contribution in [-0.2, 0) is 19.1 Å². The van der Waals surface area contributed by atoms with Crippen molar-refractivity contribution in [1.29, 1.82) is 0 Å². The summed E-state index contributed by atoms with van der Waals surface area (Å²) in [4.78, 5) is 21.0. The zero-order valence-electron chi connectivity index (χ0n) is 7.42. The summed E-state index contributed by atoms with van der Waals surface area (Å²) < 4.78 is 8.95. The van der Waals surface area contributed by atoms with Gasteiger partial charge in [-0.2, -0.15) is 0 Å². The summed E-state index contributed by atoms with van der Waals surface area (Å²) >= 11 is 0. The first-order valence-electron chi connectivity index (χ1n) is 3.46. The minimum absolute atomic E-state index is 0.143. The van der Waals surface area contributed by atoms with E-state index in [2.05, 4.69) is 9.47 Å². The highest BCUT2D eigenvalue weighted by Crippen LogP contribution is 2.01. The average Bonchev–Trinajstić information content (AvgIpc) is 2.00. The third kappa shape index (κ3) is 5.46. The van der Waals surface area contributed by atoms with E-state index in [9.17, 15) is 9.59 Å². The fraction of sp³-hybridized carbons (Fsp3) is 0.500. The maximum absolute atomic E-state index is 10.7. The van der Waals surface area contributed by atoms with E-state index >= 15 is 0 Å². The Bertz CT molecular complexity index is 205. The second kappa shape index (κ2) is 5.35. The first-order chi connectivity index (χ1) is 5.56. The quantitative estimate of drug-likeness (QED) is 0.471. The van der Waals surface area contributed by atoms with Crippen LogP contribution in [0.15, 0.2) is 11.8 Å². The number of carbonyl (C=O) groups excluding carboxylic acids is 2. The van der Waals surface area contributed by atoms with Gasteiger partial charge in [0.1, 0.15) is 0 Å². The van der Waals surface area contributed by atoms with Gasteiger partial charge in [0.25, 0.3) is 0 Å². The van der Waals surface area contributed by atoms with Crippen molar-refractivity contribution in [3.8, 4) is 0 Å². The molecule has 0 aromatic carbocycles. The van der Waals surface area contributed by atoms with Gasteiger partial charge in [-0.1, -0.05) is 0 Å². The van der Waals surface area contributed by atoms with E-state index in [0.29, 0.717) is 5.57 Å². The Balaban J connectivity index is 3.85. The Hall–Kier alpha value is -1.32. The normalized spacial score (nSPS) is 10.8. The largest absolute Gasteiger partial charge is 0.469 e. The second-order valence-electron chi connectivity index (χ2n) is 2.33. The van der Waals surface area contributed by atoms with E-state index in [-0.39, 0.29) is 12.4 Å².